The fourth-order valence-corrected chi connectivity index (χ4v) is 3.69. The number of fused-ring (bicyclic) bond motifs is 3. The molecule has 1 aromatic carbocycles. The number of aromatic nitrogens is 6. The summed E-state index contributed by atoms with van der Waals surface area (Å²) in [5.74, 6) is 0.345. The lowest BCUT2D eigenvalue weighted by atomic mass is 10.2. The molecule has 0 unspecified atom stereocenters. The zero-order valence-corrected chi connectivity index (χ0v) is 15.8. The first-order valence-electron chi connectivity index (χ1n) is 9.59. The summed E-state index contributed by atoms with van der Waals surface area (Å²) in [5.41, 5.74) is 1.72. The van der Waals surface area contributed by atoms with Crippen molar-refractivity contribution in [1.29, 1.82) is 0 Å². The molecule has 0 bridgehead atoms. The van der Waals surface area contributed by atoms with Gasteiger partial charge in [0.15, 0.2) is 5.69 Å². The van der Waals surface area contributed by atoms with Crippen molar-refractivity contribution in [3.63, 3.8) is 0 Å². The van der Waals surface area contributed by atoms with Gasteiger partial charge < -0.3 is 9.63 Å². The number of aliphatic hydroxyl groups is 1. The fourth-order valence-electron chi connectivity index (χ4n) is 3.69. The summed E-state index contributed by atoms with van der Waals surface area (Å²) in [6, 6.07) is 13.2. The number of hydrogen-bond donors (Lipinski definition) is 1. The summed E-state index contributed by atoms with van der Waals surface area (Å²) in [4.78, 5) is 26.6. The zero-order chi connectivity index (χ0) is 20.3. The highest BCUT2D eigenvalue weighted by molar-refractivity contribution is 5.83. The second-order valence-corrected chi connectivity index (χ2v) is 7.47. The quantitative estimate of drug-likeness (QED) is 0.492. The molecule has 4 aromatic heterocycles. The Hall–Kier alpha value is -3.85. The number of nitrogens with zero attached hydrogens (tertiary/aromatic N) is 6. The van der Waals surface area contributed by atoms with Crippen molar-refractivity contribution in [2.75, 3.05) is 0 Å². The van der Waals surface area contributed by atoms with Crippen LogP contribution in [0.1, 0.15) is 24.4 Å². The molecule has 0 aliphatic heterocycles. The van der Waals surface area contributed by atoms with Gasteiger partial charge in [-0.05, 0) is 37.1 Å². The van der Waals surface area contributed by atoms with E-state index in [1.54, 1.807) is 21.5 Å². The van der Waals surface area contributed by atoms with Crippen LogP contribution in [0.25, 0.3) is 28.1 Å². The largest absolute Gasteiger partial charge is 0.382 e. The Balaban J connectivity index is 1.60. The van der Waals surface area contributed by atoms with E-state index < -0.39 is 5.60 Å². The molecule has 4 heterocycles. The van der Waals surface area contributed by atoms with Gasteiger partial charge in [0.05, 0.1) is 23.3 Å². The number of imidazole rings is 1. The molecular formula is C21H16N6O3. The Morgan fingerprint density at radius 3 is 2.63 bits per heavy atom. The molecule has 9 nitrogen and oxygen atoms in total. The second-order valence-electron chi connectivity index (χ2n) is 7.47. The van der Waals surface area contributed by atoms with Gasteiger partial charge in [-0.1, -0.05) is 23.4 Å². The molecule has 148 valence electrons. The van der Waals surface area contributed by atoms with Gasteiger partial charge >= 0.3 is 0 Å². The van der Waals surface area contributed by atoms with Crippen molar-refractivity contribution in [2.24, 2.45) is 0 Å². The van der Waals surface area contributed by atoms with E-state index in [2.05, 4.69) is 20.1 Å². The minimum absolute atomic E-state index is 0.115. The van der Waals surface area contributed by atoms with Crippen LogP contribution < -0.4 is 5.56 Å². The Labute approximate surface area is 169 Å². The predicted octanol–water partition coefficient (Wildman–Crippen LogP) is 2.12. The van der Waals surface area contributed by atoms with Crippen LogP contribution in [-0.4, -0.2) is 34.2 Å². The number of para-hydroxylation sites is 2. The van der Waals surface area contributed by atoms with Gasteiger partial charge in [0, 0.05) is 6.20 Å². The maximum Gasteiger partial charge on any atom is 0.279 e. The average Bonchev–Trinajstić information content (AvgIpc) is 3.19. The molecule has 1 aliphatic carbocycles. The molecule has 30 heavy (non-hydrogen) atoms. The third kappa shape index (κ3) is 2.49. The van der Waals surface area contributed by atoms with Gasteiger partial charge in [0.2, 0.25) is 5.82 Å². The van der Waals surface area contributed by atoms with Crippen molar-refractivity contribution < 1.29 is 9.63 Å². The minimum atomic E-state index is -1.02. The molecule has 1 saturated carbocycles. The number of pyridine rings is 1. The van der Waals surface area contributed by atoms with Crippen molar-refractivity contribution in [3.8, 4) is 11.6 Å². The first-order chi connectivity index (χ1) is 14.6. The van der Waals surface area contributed by atoms with Crippen molar-refractivity contribution in [3.05, 3.63) is 76.9 Å². The molecule has 1 N–H and O–H groups in total. The Kier molecular flexibility index (Phi) is 3.45. The van der Waals surface area contributed by atoms with Crippen LogP contribution in [-0.2, 0) is 12.1 Å². The summed E-state index contributed by atoms with van der Waals surface area (Å²) in [7, 11) is 0. The van der Waals surface area contributed by atoms with Crippen LogP contribution in [0.15, 0.2) is 64.3 Å². The Morgan fingerprint density at radius 1 is 1.07 bits per heavy atom. The van der Waals surface area contributed by atoms with Crippen LogP contribution in [0, 0.1) is 0 Å². The van der Waals surface area contributed by atoms with Gasteiger partial charge in [-0.3, -0.25) is 18.7 Å². The summed E-state index contributed by atoms with van der Waals surface area (Å²) < 4.78 is 8.76. The Bertz CT molecular complexity index is 1460. The summed E-state index contributed by atoms with van der Waals surface area (Å²) in [6.07, 6.45) is 4.47. The van der Waals surface area contributed by atoms with Gasteiger partial charge in [-0.15, -0.1) is 0 Å². The molecule has 5 aromatic rings. The zero-order valence-electron chi connectivity index (χ0n) is 15.8. The molecule has 9 heteroatoms. The number of rotatable bonds is 4. The van der Waals surface area contributed by atoms with E-state index in [-0.39, 0.29) is 17.3 Å². The second kappa shape index (κ2) is 6.07. The van der Waals surface area contributed by atoms with Crippen LogP contribution in [0.5, 0.6) is 0 Å². The van der Waals surface area contributed by atoms with Crippen LogP contribution in [0.2, 0.25) is 0 Å². The highest BCUT2D eigenvalue weighted by Crippen LogP contribution is 2.44. The standard InChI is InChI=1S/C21H16N6O3/c28-19-17-16(18-24-20(25-30-18)21(29)8-9-21)23-12-27(17)15-7-2-1-6-14(15)26(19)11-13-5-3-4-10-22-13/h1-7,10,12,29H,8-9,11H2. The van der Waals surface area contributed by atoms with E-state index in [1.165, 1.54) is 0 Å². The van der Waals surface area contributed by atoms with Gasteiger partial charge in [-0.25, -0.2) is 4.98 Å². The van der Waals surface area contributed by atoms with E-state index in [0.29, 0.717) is 30.6 Å². The average molecular weight is 400 g/mol. The number of benzene rings is 1. The molecule has 6 rings (SSSR count). The normalized spacial score (nSPS) is 15.1. The molecular weight excluding hydrogens is 384 g/mol. The smallest absolute Gasteiger partial charge is 0.279 e. The van der Waals surface area contributed by atoms with Gasteiger partial charge in [0.1, 0.15) is 17.4 Å². The molecule has 1 aliphatic rings. The van der Waals surface area contributed by atoms with Crippen molar-refractivity contribution >= 4 is 16.6 Å². The maximum absolute atomic E-state index is 13.6. The highest BCUT2D eigenvalue weighted by atomic mass is 16.5. The fraction of sp³-hybridized carbons (Fsp3) is 0.190. The lowest BCUT2D eigenvalue weighted by molar-refractivity contribution is 0.137. The molecule has 0 atom stereocenters. The Morgan fingerprint density at radius 2 is 1.87 bits per heavy atom. The summed E-state index contributed by atoms with van der Waals surface area (Å²) in [5, 5.41) is 14.1. The van der Waals surface area contributed by atoms with E-state index in [0.717, 1.165) is 16.7 Å². The summed E-state index contributed by atoms with van der Waals surface area (Å²) in [6.45, 7) is 0.316. The minimum Gasteiger partial charge on any atom is -0.382 e. The highest BCUT2D eigenvalue weighted by Gasteiger charge is 2.47. The maximum atomic E-state index is 13.6. The number of hydrogen-bond acceptors (Lipinski definition) is 7. The molecule has 0 amide bonds. The van der Waals surface area contributed by atoms with Crippen molar-refractivity contribution in [1.82, 2.24) is 29.1 Å². The monoisotopic (exact) mass is 400 g/mol. The van der Waals surface area contributed by atoms with Gasteiger partial charge in [-0.2, -0.15) is 4.98 Å². The third-order valence-corrected chi connectivity index (χ3v) is 5.46. The molecule has 1 fully saturated rings. The molecule has 0 spiro atoms. The SMILES string of the molecule is O=c1c2c(-c3nc(C4(O)CC4)no3)ncn2c2ccccc2n1Cc1ccccn1. The first-order valence-corrected chi connectivity index (χ1v) is 9.59. The molecule has 0 saturated heterocycles. The van der Waals surface area contributed by atoms with E-state index in [4.69, 9.17) is 4.52 Å². The first kappa shape index (κ1) is 17.0. The van der Waals surface area contributed by atoms with Crippen LogP contribution >= 0.6 is 0 Å². The predicted molar refractivity (Wildman–Crippen MR) is 107 cm³/mol. The third-order valence-electron chi connectivity index (χ3n) is 5.46. The van der Waals surface area contributed by atoms with Gasteiger partial charge in [0.25, 0.3) is 11.4 Å². The molecule has 0 radical (unpaired) electrons. The van der Waals surface area contributed by atoms with Crippen molar-refractivity contribution in [2.45, 2.75) is 25.0 Å². The lowest BCUT2D eigenvalue weighted by Gasteiger charge is -2.12. The van der Waals surface area contributed by atoms with E-state index >= 15 is 0 Å². The van der Waals surface area contributed by atoms with Crippen LogP contribution in [0.3, 0.4) is 0 Å². The topological polar surface area (TPSA) is 111 Å². The van der Waals surface area contributed by atoms with E-state index in [1.807, 2.05) is 42.5 Å². The van der Waals surface area contributed by atoms with Crippen LogP contribution in [0.4, 0.5) is 0 Å². The summed E-state index contributed by atoms with van der Waals surface area (Å²) >= 11 is 0. The van der Waals surface area contributed by atoms with E-state index in [9.17, 15) is 9.90 Å². The lowest BCUT2D eigenvalue weighted by Crippen LogP contribution is -2.24.